The van der Waals surface area contributed by atoms with Gasteiger partial charge in [0.2, 0.25) is 0 Å². The molecule has 0 radical (unpaired) electrons. The van der Waals surface area contributed by atoms with Gasteiger partial charge in [0.05, 0.1) is 22.8 Å². The minimum Gasteiger partial charge on any atom is -0.418 e. The molecule has 4 aromatic rings. The van der Waals surface area contributed by atoms with E-state index < -0.39 is 14.5 Å². The van der Waals surface area contributed by atoms with Gasteiger partial charge in [-0.3, -0.25) is 15.0 Å². The Labute approximate surface area is 228 Å². The Balaban J connectivity index is 0.000000575. The Morgan fingerprint density at radius 1 is 0.526 bits per heavy atom. The number of aromatic nitrogens is 4. The van der Waals surface area contributed by atoms with Gasteiger partial charge in [0, 0.05) is 44.6 Å². The van der Waals surface area contributed by atoms with Gasteiger partial charge in [-0.25, -0.2) is 4.98 Å². The van der Waals surface area contributed by atoms with Crippen molar-refractivity contribution in [3.05, 3.63) is 91.5 Å². The van der Waals surface area contributed by atoms with Crippen LogP contribution in [-0.2, 0) is 21.1 Å². The summed E-state index contributed by atoms with van der Waals surface area (Å²) in [4.78, 5) is 19.1. The maximum Gasteiger partial charge on any atom is 2.00 e. The van der Waals surface area contributed by atoms with Crippen LogP contribution in [0.15, 0.2) is 91.5 Å². The first kappa shape index (κ1) is 34.7. The molecule has 16 heteroatoms. The van der Waals surface area contributed by atoms with Gasteiger partial charge in [-0.1, -0.05) is 18.2 Å². The van der Waals surface area contributed by atoms with Gasteiger partial charge in [-0.2, -0.15) is 0 Å². The van der Waals surface area contributed by atoms with Crippen LogP contribution in [0.1, 0.15) is 0 Å². The number of hydrogen-bond donors (Lipinski definition) is 0. The van der Waals surface area contributed by atoms with E-state index in [0.29, 0.717) is 0 Å². The van der Waals surface area contributed by atoms with Crippen LogP contribution < -0.4 is 4.90 Å². The molecule has 38 heavy (non-hydrogen) atoms. The van der Waals surface area contributed by atoms with Gasteiger partial charge < -0.3 is 39.4 Å². The van der Waals surface area contributed by atoms with Gasteiger partial charge in [-0.05, 0) is 48.5 Å². The largest absolute Gasteiger partial charge is 2.00 e. The molecule has 4 aromatic heterocycles. The minimum absolute atomic E-state index is 0. The van der Waals surface area contributed by atoms with Crippen molar-refractivity contribution in [2.75, 3.05) is 19.0 Å². The van der Waals surface area contributed by atoms with Gasteiger partial charge in [0.1, 0.15) is 0 Å². The van der Waals surface area contributed by atoms with E-state index >= 15 is 0 Å². The van der Waals surface area contributed by atoms with Gasteiger partial charge >= 0.3 is 35.6 Å². The molecule has 0 N–H and O–H groups in total. The van der Waals surface area contributed by atoms with E-state index in [0.717, 1.165) is 22.8 Å². The van der Waals surface area contributed by atoms with E-state index in [2.05, 4.69) is 19.9 Å². The molecule has 0 bridgehead atoms. The molecule has 0 unspecified atom stereocenters. The second-order valence-corrected chi connectivity index (χ2v) is 6.93. The van der Waals surface area contributed by atoms with Gasteiger partial charge in [0.25, 0.3) is 0 Å². The normalized spacial score (nSPS) is 10.2. The Morgan fingerprint density at radius 2 is 0.895 bits per heavy atom. The molecule has 0 spiro atoms. The zero-order valence-electron chi connectivity index (χ0n) is 19.9. The van der Waals surface area contributed by atoms with E-state index in [4.69, 9.17) is 0 Å². The fourth-order valence-electron chi connectivity index (χ4n) is 2.39. The van der Waals surface area contributed by atoms with E-state index in [1.807, 2.05) is 85.7 Å². The van der Waals surface area contributed by atoms with Crippen LogP contribution in [0.5, 0.6) is 0 Å². The summed E-state index contributed by atoms with van der Waals surface area (Å²) in [5.74, 6) is 0. The molecule has 0 fully saturated rings. The summed E-state index contributed by atoms with van der Waals surface area (Å²) in [7, 11) is -7.98. The van der Waals surface area contributed by atoms with Crippen LogP contribution in [0.2, 0.25) is 0 Å². The molecule has 0 aliphatic rings. The van der Waals surface area contributed by atoms with E-state index in [1.165, 1.54) is 5.69 Å². The average Bonchev–Trinajstić information content (AvgIpc) is 2.84. The van der Waals surface area contributed by atoms with Crippen LogP contribution in [0, 0.1) is 0 Å². The van der Waals surface area contributed by atoms with Gasteiger partial charge in [-0.15, -0.1) is 0 Å². The molecule has 0 atom stereocenters. The molecule has 4 heterocycles. The molecule has 0 aliphatic heterocycles. The molecule has 5 nitrogen and oxygen atoms in total. The smallest absolute Gasteiger partial charge is 0.418 e. The summed E-state index contributed by atoms with van der Waals surface area (Å²) in [5.41, 5.74) is 4.65. The van der Waals surface area contributed by atoms with Crippen molar-refractivity contribution < 1.29 is 55.6 Å². The molecule has 0 aromatic carbocycles. The standard InChI is InChI=1S/C15H11N3.C7H10N2.2BF4.Pt/c1-3-10-16-12(6-1)14-8-5-9-15(18-14)13-7-2-4-11-17-13;1-9(2)7-3-5-8-6-4-7;2*2-1(3,4)5;/h1-11H;3-6H,1-2H3;;;/q;;2*-1;+2. The molecule has 0 amide bonds. The average molecular weight is 724 g/mol. The number of rotatable bonds is 3. The van der Waals surface area contributed by atoms with Crippen LogP contribution in [0.4, 0.5) is 40.2 Å². The summed E-state index contributed by atoms with van der Waals surface area (Å²) in [5, 5.41) is 0. The quantitative estimate of drug-likeness (QED) is 0.169. The molecule has 0 aliphatic carbocycles. The van der Waals surface area contributed by atoms with Crippen LogP contribution >= 0.6 is 0 Å². The number of nitrogens with zero attached hydrogens (tertiary/aromatic N) is 5. The topological polar surface area (TPSA) is 54.8 Å². The van der Waals surface area contributed by atoms with Crippen molar-refractivity contribution in [1.82, 2.24) is 19.9 Å². The molecule has 0 saturated heterocycles. The van der Waals surface area contributed by atoms with E-state index in [-0.39, 0.29) is 21.1 Å². The number of halogens is 8. The van der Waals surface area contributed by atoms with Crippen LogP contribution in [0.25, 0.3) is 22.8 Å². The fourth-order valence-corrected chi connectivity index (χ4v) is 2.39. The predicted octanol–water partition coefficient (Wildman–Crippen LogP) is 6.95. The first-order valence-corrected chi connectivity index (χ1v) is 10.4. The summed E-state index contributed by atoms with van der Waals surface area (Å²) >= 11 is 0. The second kappa shape index (κ2) is 17.2. The van der Waals surface area contributed by atoms with Crippen molar-refractivity contribution in [2.45, 2.75) is 0 Å². The van der Waals surface area contributed by atoms with Crippen LogP contribution in [0.3, 0.4) is 0 Å². The zero-order valence-corrected chi connectivity index (χ0v) is 22.2. The zero-order chi connectivity index (χ0) is 27.9. The number of pyridine rings is 4. The molecular weight excluding hydrogens is 703 g/mol. The number of hydrogen-bond acceptors (Lipinski definition) is 5. The molecule has 4 rings (SSSR count). The maximum absolute atomic E-state index is 9.75. The monoisotopic (exact) mass is 724 g/mol. The minimum atomic E-state index is -6.00. The summed E-state index contributed by atoms with van der Waals surface area (Å²) in [6.45, 7) is 0. The van der Waals surface area contributed by atoms with Crippen molar-refractivity contribution in [1.29, 1.82) is 0 Å². The Morgan fingerprint density at radius 3 is 1.18 bits per heavy atom. The number of anilines is 1. The molecular formula is C22H21B2F8N5Pt. The molecule has 0 saturated carbocycles. The maximum atomic E-state index is 9.75. The summed E-state index contributed by atoms with van der Waals surface area (Å²) in [6.07, 6.45) is 7.11. The second-order valence-electron chi connectivity index (χ2n) is 6.93. The third kappa shape index (κ3) is 18.0. The van der Waals surface area contributed by atoms with Crippen molar-refractivity contribution in [3.63, 3.8) is 0 Å². The Kier molecular flexibility index (Phi) is 15.7. The SMILES string of the molecule is CN(C)c1ccncc1.F[B-](F)(F)F.F[B-](F)(F)F.[Pt+2].c1ccc(-c2cccc(-c3ccccn3)n2)nc1. The van der Waals surface area contributed by atoms with Crippen molar-refractivity contribution >= 4 is 20.2 Å². The van der Waals surface area contributed by atoms with Crippen LogP contribution in [-0.4, -0.2) is 48.5 Å². The first-order chi connectivity index (χ1) is 17.2. The third-order valence-corrected chi connectivity index (χ3v) is 3.78. The van der Waals surface area contributed by atoms with Crippen molar-refractivity contribution in [3.8, 4) is 22.8 Å². The predicted molar refractivity (Wildman–Crippen MR) is 130 cm³/mol. The van der Waals surface area contributed by atoms with Crippen molar-refractivity contribution in [2.24, 2.45) is 0 Å². The third-order valence-electron chi connectivity index (χ3n) is 3.78. The Hall–Kier alpha value is -3.34. The van der Waals surface area contributed by atoms with Gasteiger partial charge in [0.15, 0.2) is 0 Å². The van der Waals surface area contributed by atoms with E-state index in [9.17, 15) is 34.5 Å². The fraction of sp³-hybridized carbons (Fsp3) is 0.0909. The summed E-state index contributed by atoms with van der Waals surface area (Å²) < 4.78 is 78.0. The first-order valence-electron chi connectivity index (χ1n) is 10.4. The molecule has 206 valence electrons. The Bertz CT molecular complexity index is 1080. The summed E-state index contributed by atoms with van der Waals surface area (Å²) in [6, 6.07) is 21.4. The van der Waals surface area contributed by atoms with E-state index in [1.54, 1.807) is 24.8 Å².